The van der Waals surface area contributed by atoms with Crippen LogP contribution in [-0.4, -0.2) is 18.7 Å². The maximum atomic E-state index is 12.3. The molecule has 2 aromatic heterocycles. The lowest BCUT2D eigenvalue weighted by Crippen LogP contribution is -2.39. The third-order valence-corrected chi connectivity index (χ3v) is 3.14. The lowest BCUT2D eigenvalue weighted by Gasteiger charge is -2.12. The molecule has 0 bridgehead atoms. The van der Waals surface area contributed by atoms with Gasteiger partial charge in [-0.1, -0.05) is 0 Å². The average Bonchev–Trinajstić information content (AvgIpc) is 2.74. The lowest BCUT2D eigenvalue weighted by atomic mass is 10.3. The topological polar surface area (TPSA) is 99.9 Å². The summed E-state index contributed by atoms with van der Waals surface area (Å²) >= 11 is 0. The normalized spacial score (nSPS) is 11.5. The summed E-state index contributed by atoms with van der Waals surface area (Å²) in [5.41, 5.74) is 2.45. The number of hydrogen-bond donors (Lipinski definition) is 2. The molecule has 0 saturated heterocycles. The zero-order valence-electron chi connectivity index (χ0n) is 11.5. The van der Waals surface area contributed by atoms with Crippen molar-refractivity contribution in [1.82, 2.24) is 18.7 Å². The second kappa shape index (κ2) is 4.54. The number of aromatic nitrogens is 4. The standard InChI is InChI=1S/C11H18N6O2/c1-5-16-7-8(13-10(16)14-12)17(6(2)3)11(19)15(4)9(7)18/h6H,5,12H2,1-4H3,(H,13,14). The number of nitrogens with two attached hydrogens (primary N) is 1. The van der Waals surface area contributed by atoms with E-state index in [1.807, 2.05) is 20.8 Å². The van der Waals surface area contributed by atoms with Gasteiger partial charge in [-0.05, 0) is 20.8 Å². The molecule has 0 radical (unpaired) electrons. The number of hydrogen-bond acceptors (Lipinski definition) is 5. The van der Waals surface area contributed by atoms with Gasteiger partial charge in [-0.2, -0.15) is 4.98 Å². The van der Waals surface area contributed by atoms with Crippen LogP contribution in [0.3, 0.4) is 0 Å². The monoisotopic (exact) mass is 266 g/mol. The molecule has 0 aliphatic heterocycles. The summed E-state index contributed by atoms with van der Waals surface area (Å²) < 4.78 is 4.25. The largest absolute Gasteiger partial charge is 0.332 e. The van der Waals surface area contributed by atoms with Gasteiger partial charge in [0.15, 0.2) is 11.2 Å². The van der Waals surface area contributed by atoms with Crippen molar-refractivity contribution in [3.63, 3.8) is 0 Å². The predicted molar refractivity (Wildman–Crippen MR) is 73.1 cm³/mol. The number of fused-ring (bicyclic) bond motifs is 1. The van der Waals surface area contributed by atoms with Crippen LogP contribution in [0.15, 0.2) is 9.59 Å². The van der Waals surface area contributed by atoms with Crippen LogP contribution in [0, 0.1) is 0 Å². The molecule has 0 amide bonds. The molecule has 0 unspecified atom stereocenters. The second-order valence-electron chi connectivity index (χ2n) is 4.61. The zero-order chi connectivity index (χ0) is 14.3. The van der Waals surface area contributed by atoms with Gasteiger partial charge in [0.1, 0.15) is 0 Å². The van der Waals surface area contributed by atoms with Crippen molar-refractivity contribution in [2.45, 2.75) is 33.4 Å². The van der Waals surface area contributed by atoms with Gasteiger partial charge in [0.05, 0.1) is 0 Å². The van der Waals surface area contributed by atoms with E-state index in [-0.39, 0.29) is 17.3 Å². The summed E-state index contributed by atoms with van der Waals surface area (Å²) in [5.74, 6) is 5.78. The van der Waals surface area contributed by atoms with Crippen molar-refractivity contribution in [3.05, 3.63) is 20.8 Å². The van der Waals surface area contributed by atoms with Crippen LogP contribution in [0.5, 0.6) is 0 Å². The lowest BCUT2D eigenvalue weighted by molar-refractivity contribution is 0.551. The molecule has 0 saturated carbocycles. The number of nitrogen functional groups attached to an aromatic ring is 1. The highest BCUT2D eigenvalue weighted by atomic mass is 16.2. The first-order chi connectivity index (χ1) is 8.93. The molecule has 2 rings (SSSR count). The van der Waals surface area contributed by atoms with Crippen molar-refractivity contribution in [1.29, 1.82) is 0 Å². The van der Waals surface area contributed by atoms with Gasteiger partial charge in [0.2, 0.25) is 5.95 Å². The van der Waals surface area contributed by atoms with Crippen LogP contribution in [-0.2, 0) is 13.6 Å². The third kappa shape index (κ3) is 1.75. The summed E-state index contributed by atoms with van der Waals surface area (Å²) in [7, 11) is 1.46. The average molecular weight is 266 g/mol. The number of nitrogens with one attached hydrogen (secondary N) is 1. The molecule has 0 spiro atoms. The van der Waals surface area contributed by atoms with Crippen LogP contribution in [0.2, 0.25) is 0 Å². The summed E-state index contributed by atoms with van der Waals surface area (Å²) in [4.78, 5) is 28.7. The summed E-state index contributed by atoms with van der Waals surface area (Å²) in [6, 6.07) is -0.104. The SMILES string of the molecule is CCn1c(NN)nc2c1c(=O)n(C)c(=O)n2C(C)C. The molecule has 19 heavy (non-hydrogen) atoms. The minimum absolute atomic E-state index is 0.104. The minimum atomic E-state index is -0.378. The summed E-state index contributed by atoms with van der Waals surface area (Å²) in [6.07, 6.45) is 0. The molecule has 0 fully saturated rings. The van der Waals surface area contributed by atoms with E-state index >= 15 is 0 Å². The summed E-state index contributed by atoms with van der Waals surface area (Å²) in [6.45, 7) is 6.14. The minimum Gasteiger partial charge on any atom is -0.304 e. The van der Waals surface area contributed by atoms with Crippen LogP contribution in [0.1, 0.15) is 26.8 Å². The van der Waals surface area contributed by atoms with Gasteiger partial charge in [-0.3, -0.25) is 19.4 Å². The zero-order valence-corrected chi connectivity index (χ0v) is 11.5. The Bertz CT molecular complexity index is 736. The van der Waals surface area contributed by atoms with Crippen molar-refractivity contribution in [2.75, 3.05) is 5.43 Å². The molecule has 104 valence electrons. The highest BCUT2D eigenvalue weighted by Gasteiger charge is 2.20. The van der Waals surface area contributed by atoms with E-state index in [1.165, 1.54) is 11.6 Å². The van der Waals surface area contributed by atoms with Gasteiger partial charge < -0.3 is 4.57 Å². The predicted octanol–water partition coefficient (Wildman–Crippen LogP) is -0.217. The molecule has 2 heterocycles. The number of imidazole rings is 1. The van der Waals surface area contributed by atoms with Crippen molar-refractivity contribution in [3.8, 4) is 0 Å². The van der Waals surface area contributed by atoms with Crippen molar-refractivity contribution < 1.29 is 0 Å². The Morgan fingerprint density at radius 2 is 2.00 bits per heavy atom. The third-order valence-electron chi connectivity index (χ3n) is 3.14. The Morgan fingerprint density at radius 3 is 2.47 bits per heavy atom. The Hall–Kier alpha value is -2.09. The molecule has 0 aromatic carbocycles. The van der Waals surface area contributed by atoms with E-state index < -0.39 is 0 Å². The number of anilines is 1. The molecule has 3 N–H and O–H groups in total. The van der Waals surface area contributed by atoms with E-state index in [0.717, 1.165) is 4.57 Å². The second-order valence-corrected chi connectivity index (χ2v) is 4.61. The van der Waals surface area contributed by atoms with Crippen LogP contribution < -0.4 is 22.5 Å². The molecular weight excluding hydrogens is 248 g/mol. The van der Waals surface area contributed by atoms with E-state index in [1.54, 1.807) is 4.57 Å². The molecule has 2 aromatic rings. The van der Waals surface area contributed by atoms with E-state index in [4.69, 9.17) is 5.84 Å². The van der Waals surface area contributed by atoms with Crippen LogP contribution >= 0.6 is 0 Å². The van der Waals surface area contributed by atoms with E-state index in [2.05, 4.69) is 10.4 Å². The van der Waals surface area contributed by atoms with Gasteiger partial charge in [-0.15, -0.1) is 0 Å². The van der Waals surface area contributed by atoms with Crippen molar-refractivity contribution in [2.24, 2.45) is 12.9 Å². The van der Waals surface area contributed by atoms with E-state index in [9.17, 15) is 9.59 Å². The molecular formula is C11H18N6O2. The number of nitrogens with zero attached hydrogens (tertiary/aromatic N) is 4. The maximum Gasteiger partial charge on any atom is 0.332 e. The number of hydrazine groups is 1. The molecule has 8 heteroatoms. The Morgan fingerprint density at radius 1 is 1.37 bits per heavy atom. The first kappa shape index (κ1) is 13.3. The fourth-order valence-corrected chi connectivity index (χ4v) is 2.20. The Balaban J connectivity index is 3.09. The fraction of sp³-hybridized carbons (Fsp3) is 0.545. The van der Waals surface area contributed by atoms with E-state index in [0.29, 0.717) is 23.7 Å². The van der Waals surface area contributed by atoms with Gasteiger partial charge in [0.25, 0.3) is 5.56 Å². The maximum absolute atomic E-state index is 12.3. The molecule has 0 atom stereocenters. The first-order valence-electron chi connectivity index (χ1n) is 6.12. The molecule has 0 aliphatic rings. The quantitative estimate of drug-likeness (QED) is 0.591. The van der Waals surface area contributed by atoms with Crippen LogP contribution in [0.25, 0.3) is 11.2 Å². The number of aryl methyl sites for hydroxylation is 1. The highest BCUT2D eigenvalue weighted by Crippen LogP contribution is 2.17. The van der Waals surface area contributed by atoms with Gasteiger partial charge >= 0.3 is 5.69 Å². The Kier molecular flexibility index (Phi) is 3.19. The number of rotatable bonds is 3. The Labute approximate surface area is 109 Å². The van der Waals surface area contributed by atoms with Crippen LogP contribution in [0.4, 0.5) is 5.95 Å². The summed E-state index contributed by atoms with van der Waals surface area (Å²) in [5, 5.41) is 0. The molecule has 8 nitrogen and oxygen atoms in total. The first-order valence-corrected chi connectivity index (χ1v) is 6.12. The smallest absolute Gasteiger partial charge is 0.304 e. The fourth-order valence-electron chi connectivity index (χ4n) is 2.20. The molecule has 0 aliphatic carbocycles. The van der Waals surface area contributed by atoms with Gasteiger partial charge in [-0.25, -0.2) is 10.6 Å². The van der Waals surface area contributed by atoms with Crippen molar-refractivity contribution >= 4 is 17.1 Å². The van der Waals surface area contributed by atoms with Gasteiger partial charge in [0, 0.05) is 19.6 Å². The highest BCUT2D eigenvalue weighted by molar-refractivity contribution is 5.74.